The lowest BCUT2D eigenvalue weighted by Crippen LogP contribution is -2.14. The van der Waals surface area contributed by atoms with Crippen LogP contribution in [0.2, 0.25) is 0 Å². The van der Waals surface area contributed by atoms with E-state index in [1.807, 2.05) is 6.07 Å². The van der Waals surface area contributed by atoms with E-state index in [9.17, 15) is 14.0 Å². The number of carbonyl (C=O) groups is 2. The maximum atomic E-state index is 12.5. The van der Waals surface area contributed by atoms with Crippen LogP contribution in [0.1, 0.15) is 10.6 Å². The molecule has 0 saturated heterocycles. The Labute approximate surface area is 142 Å². The number of carbonyl (C=O) groups excluding carboxylic acids is 2. The lowest BCUT2D eigenvalue weighted by atomic mass is 10.0. The van der Waals surface area contributed by atoms with Gasteiger partial charge in [-0.15, -0.1) is 0 Å². The highest BCUT2D eigenvalue weighted by atomic mass is 19.1. The zero-order chi connectivity index (χ0) is 17.6. The van der Waals surface area contributed by atoms with Gasteiger partial charge in [-0.3, -0.25) is 14.7 Å². The normalized spacial score (nSPS) is 10.3. The highest BCUT2D eigenvalue weighted by Crippen LogP contribution is 2.29. The zero-order valence-electron chi connectivity index (χ0n) is 13.0. The minimum absolute atomic E-state index is 0.0982. The Morgan fingerprint density at radius 2 is 1.92 bits per heavy atom. The molecule has 3 rings (SSSR count). The molecule has 0 aliphatic carbocycles. The number of anilines is 2. The summed E-state index contributed by atoms with van der Waals surface area (Å²) in [6, 6.07) is 14.1. The Bertz CT molecular complexity index is 896. The van der Waals surface area contributed by atoms with Crippen LogP contribution in [0.3, 0.4) is 0 Å². The summed E-state index contributed by atoms with van der Waals surface area (Å²) in [6.45, 7) is -1.10. The smallest absolute Gasteiger partial charge is 0.292 e. The Balaban J connectivity index is 1.87. The number of rotatable bonds is 5. The molecule has 7 nitrogen and oxygen atoms in total. The summed E-state index contributed by atoms with van der Waals surface area (Å²) in [7, 11) is 0. The van der Waals surface area contributed by atoms with Crippen LogP contribution in [0, 0.1) is 0 Å². The first-order valence-electron chi connectivity index (χ1n) is 7.39. The van der Waals surface area contributed by atoms with Gasteiger partial charge in [0.2, 0.25) is 5.82 Å². The van der Waals surface area contributed by atoms with Gasteiger partial charge >= 0.3 is 0 Å². The first kappa shape index (κ1) is 16.3. The van der Waals surface area contributed by atoms with Crippen molar-refractivity contribution in [2.75, 3.05) is 17.3 Å². The molecular weight excluding hydrogens is 325 g/mol. The standard InChI is InChI=1S/C17H14FN5O2/c18-9-15(24)22-14-7-2-1-6-13(14)11-4-3-5-12(8-11)21-17(25)16-19-10-20-23-16/h1-8,10H,9H2,(H,21,25)(H,22,24)(H,19,20,23). The van der Waals surface area contributed by atoms with Crippen LogP contribution >= 0.6 is 0 Å². The highest BCUT2D eigenvalue weighted by Gasteiger charge is 2.11. The van der Waals surface area contributed by atoms with Crippen LogP contribution in [0.4, 0.5) is 15.8 Å². The third-order valence-electron chi connectivity index (χ3n) is 3.38. The SMILES string of the molecule is O=C(CF)Nc1ccccc1-c1cccc(NC(=O)c2ncn[nH]2)c1. The quantitative estimate of drug-likeness (QED) is 0.665. The van der Waals surface area contributed by atoms with Crippen molar-refractivity contribution in [2.45, 2.75) is 0 Å². The maximum absolute atomic E-state index is 12.5. The van der Waals surface area contributed by atoms with Crippen molar-refractivity contribution in [2.24, 2.45) is 0 Å². The summed E-state index contributed by atoms with van der Waals surface area (Å²) in [4.78, 5) is 27.2. The van der Waals surface area contributed by atoms with Gasteiger partial charge in [-0.1, -0.05) is 30.3 Å². The largest absolute Gasteiger partial charge is 0.323 e. The fourth-order valence-corrected chi connectivity index (χ4v) is 2.30. The molecule has 1 aromatic heterocycles. The molecular formula is C17H14FN5O2. The number of para-hydroxylation sites is 1. The molecule has 0 spiro atoms. The van der Waals surface area contributed by atoms with Gasteiger partial charge in [0.05, 0.1) is 0 Å². The van der Waals surface area contributed by atoms with Crippen molar-refractivity contribution < 1.29 is 14.0 Å². The molecule has 0 aliphatic rings. The average Bonchev–Trinajstić information content (AvgIpc) is 3.17. The lowest BCUT2D eigenvalue weighted by molar-refractivity contribution is -0.117. The number of hydrogen-bond acceptors (Lipinski definition) is 4. The second-order valence-electron chi connectivity index (χ2n) is 5.10. The van der Waals surface area contributed by atoms with Gasteiger partial charge in [-0.2, -0.15) is 5.10 Å². The van der Waals surface area contributed by atoms with Gasteiger partial charge in [0, 0.05) is 16.9 Å². The number of hydrogen-bond donors (Lipinski definition) is 3. The van der Waals surface area contributed by atoms with E-state index in [-0.39, 0.29) is 5.82 Å². The van der Waals surface area contributed by atoms with E-state index in [4.69, 9.17) is 0 Å². The third-order valence-corrected chi connectivity index (χ3v) is 3.38. The Morgan fingerprint density at radius 3 is 2.68 bits per heavy atom. The molecule has 0 aliphatic heterocycles. The van der Waals surface area contributed by atoms with E-state index in [1.165, 1.54) is 6.33 Å². The zero-order valence-corrected chi connectivity index (χ0v) is 13.0. The highest BCUT2D eigenvalue weighted by molar-refractivity contribution is 6.02. The van der Waals surface area contributed by atoms with Gasteiger partial charge in [0.25, 0.3) is 11.8 Å². The fraction of sp³-hybridized carbons (Fsp3) is 0.0588. The number of aromatic nitrogens is 3. The number of alkyl halides is 1. The van der Waals surface area contributed by atoms with Crippen LogP contribution < -0.4 is 10.6 Å². The summed E-state index contributed by atoms with van der Waals surface area (Å²) in [6.07, 6.45) is 1.25. The van der Waals surface area contributed by atoms with Crippen LogP contribution in [0.25, 0.3) is 11.1 Å². The molecule has 0 atom stereocenters. The Hall–Kier alpha value is -3.55. The van der Waals surface area contributed by atoms with Gasteiger partial charge in [0.15, 0.2) is 6.67 Å². The van der Waals surface area contributed by atoms with E-state index in [1.54, 1.807) is 42.5 Å². The van der Waals surface area contributed by atoms with Crippen LogP contribution in [0.15, 0.2) is 54.9 Å². The van der Waals surface area contributed by atoms with Crippen LogP contribution in [0.5, 0.6) is 0 Å². The molecule has 1 heterocycles. The molecule has 0 bridgehead atoms. The number of nitrogens with zero attached hydrogens (tertiary/aromatic N) is 2. The third kappa shape index (κ3) is 3.86. The van der Waals surface area contributed by atoms with Gasteiger partial charge in [-0.05, 0) is 23.8 Å². The first-order valence-corrected chi connectivity index (χ1v) is 7.39. The summed E-state index contributed by atoms with van der Waals surface area (Å²) in [5.74, 6) is -1.04. The molecule has 25 heavy (non-hydrogen) atoms. The first-order chi connectivity index (χ1) is 12.2. The summed E-state index contributed by atoms with van der Waals surface area (Å²) in [5.41, 5.74) is 2.50. The second kappa shape index (κ2) is 7.35. The monoisotopic (exact) mass is 339 g/mol. The molecule has 2 aromatic carbocycles. The average molecular weight is 339 g/mol. The summed E-state index contributed by atoms with van der Waals surface area (Å²) < 4.78 is 12.5. The summed E-state index contributed by atoms with van der Waals surface area (Å²) in [5, 5.41) is 11.3. The Morgan fingerprint density at radius 1 is 1.08 bits per heavy atom. The molecule has 3 aromatic rings. The molecule has 3 N–H and O–H groups in total. The van der Waals surface area contributed by atoms with Gasteiger partial charge < -0.3 is 10.6 Å². The number of amides is 2. The van der Waals surface area contributed by atoms with Crippen molar-refractivity contribution in [1.82, 2.24) is 15.2 Å². The number of aromatic amines is 1. The van der Waals surface area contributed by atoms with E-state index in [0.29, 0.717) is 16.9 Å². The van der Waals surface area contributed by atoms with Crippen molar-refractivity contribution >= 4 is 23.2 Å². The maximum Gasteiger partial charge on any atom is 0.292 e. The molecule has 2 amide bonds. The fourth-order valence-electron chi connectivity index (χ4n) is 2.30. The van der Waals surface area contributed by atoms with Crippen LogP contribution in [-0.2, 0) is 4.79 Å². The van der Waals surface area contributed by atoms with Crippen molar-refractivity contribution in [3.63, 3.8) is 0 Å². The number of halogens is 1. The number of nitrogens with one attached hydrogen (secondary N) is 3. The van der Waals surface area contributed by atoms with E-state index < -0.39 is 18.5 Å². The molecule has 0 fully saturated rings. The molecule has 8 heteroatoms. The minimum Gasteiger partial charge on any atom is -0.323 e. The summed E-state index contributed by atoms with van der Waals surface area (Å²) >= 11 is 0. The second-order valence-corrected chi connectivity index (χ2v) is 5.10. The lowest BCUT2D eigenvalue weighted by Gasteiger charge is -2.11. The van der Waals surface area contributed by atoms with E-state index >= 15 is 0 Å². The molecule has 126 valence electrons. The minimum atomic E-state index is -1.10. The molecule has 0 unspecified atom stereocenters. The Kier molecular flexibility index (Phi) is 4.79. The van der Waals surface area contributed by atoms with Gasteiger partial charge in [0.1, 0.15) is 6.33 Å². The van der Waals surface area contributed by atoms with Gasteiger partial charge in [-0.25, -0.2) is 9.37 Å². The predicted molar refractivity (Wildman–Crippen MR) is 90.8 cm³/mol. The number of benzene rings is 2. The number of H-pyrrole nitrogens is 1. The van der Waals surface area contributed by atoms with Crippen LogP contribution in [-0.4, -0.2) is 33.7 Å². The van der Waals surface area contributed by atoms with Crippen molar-refractivity contribution in [3.05, 3.63) is 60.7 Å². The topological polar surface area (TPSA) is 99.8 Å². The predicted octanol–water partition coefficient (Wildman–Crippen LogP) is 2.63. The van der Waals surface area contributed by atoms with E-state index in [0.717, 1.165) is 5.56 Å². The van der Waals surface area contributed by atoms with Crippen molar-refractivity contribution in [1.29, 1.82) is 0 Å². The van der Waals surface area contributed by atoms with Crippen molar-refractivity contribution in [3.8, 4) is 11.1 Å². The molecule has 0 radical (unpaired) electrons. The molecule has 0 saturated carbocycles. The van der Waals surface area contributed by atoms with E-state index in [2.05, 4.69) is 25.8 Å².